The van der Waals surface area contributed by atoms with Crippen LogP contribution in [0.3, 0.4) is 0 Å². The summed E-state index contributed by atoms with van der Waals surface area (Å²) in [6.45, 7) is 3.11. The molecule has 15 heavy (non-hydrogen) atoms. The van der Waals surface area contributed by atoms with Gasteiger partial charge in [0.05, 0.1) is 13.2 Å². The van der Waals surface area contributed by atoms with Crippen molar-refractivity contribution in [2.45, 2.75) is 12.8 Å². The first-order chi connectivity index (χ1) is 7.40. The van der Waals surface area contributed by atoms with Gasteiger partial charge < -0.3 is 14.2 Å². The fourth-order valence-electron chi connectivity index (χ4n) is 1.46. The molecule has 0 spiro atoms. The first kappa shape index (κ1) is 10.7. The number of nitrogens with zero attached hydrogens (tertiary/aromatic N) is 3. The molecule has 0 N–H and O–H groups in total. The summed E-state index contributed by atoms with van der Waals surface area (Å²) in [5, 5.41) is 3.93. The van der Waals surface area contributed by atoms with Gasteiger partial charge in [-0.05, 0) is 11.6 Å². The van der Waals surface area contributed by atoms with Crippen LogP contribution in [-0.4, -0.2) is 42.3 Å². The predicted molar refractivity (Wildman–Crippen MR) is 56.4 cm³/mol. The van der Waals surface area contributed by atoms with E-state index in [1.165, 1.54) is 0 Å². The van der Waals surface area contributed by atoms with Gasteiger partial charge in [0.15, 0.2) is 0 Å². The maximum Gasteiger partial charge on any atom is 0.266 e. The number of anilines is 1. The summed E-state index contributed by atoms with van der Waals surface area (Å²) in [6.07, 6.45) is 1.62. The first-order valence-electron chi connectivity index (χ1n) is 5.11. The van der Waals surface area contributed by atoms with Crippen molar-refractivity contribution in [2.24, 2.45) is 0 Å². The number of aryl methyl sites for hydroxylation is 1. The third-order valence-electron chi connectivity index (χ3n) is 2.28. The largest absolute Gasteiger partial charge is 0.378 e. The maximum absolute atomic E-state index is 5.59. The van der Waals surface area contributed by atoms with Crippen molar-refractivity contribution in [1.82, 2.24) is 10.1 Å². The first-order valence-corrected chi connectivity index (χ1v) is 5.65. The molecule has 1 aromatic rings. The smallest absolute Gasteiger partial charge is 0.266 e. The molecule has 84 valence electrons. The molecule has 0 bridgehead atoms. The number of hydrogen-bond acceptors (Lipinski definition) is 5. The summed E-state index contributed by atoms with van der Waals surface area (Å²) in [5.41, 5.74) is 0. The Labute approximate surface area is 93.3 Å². The zero-order valence-corrected chi connectivity index (χ0v) is 9.24. The molecule has 0 aromatic carbocycles. The van der Waals surface area contributed by atoms with Crippen molar-refractivity contribution in [2.75, 3.05) is 37.1 Å². The van der Waals surface area contributed by atoms with Gasteiger partial charge in [0.2, 0.25) is 5.89 Å². The van der Waals surface area contributed by atoms with Gasteiger partial charge in [-0.1, -0.05) is 0 Å². The molecule has 0 unspecified atom stereocenters. The number of alkyl halides is 1. The van der Waals surface area contributed by atoms with Crippen LogP contribution in [0, 0.1) is 0 Å². The molecule has 1 fully saturated rings. The van der Waals surface area contributed by atoms with E-state index in [0.717, 1.165) is 39.1 Å². The average Bonchev–Trinajstić information content (AvgIpc) is 2.76. The van der Waals surface area contributed by atoms with Gasteiger partial charge in [-0.2, -0.15) is 4.98 Å². The van der Waals surface area contributed by atoms with Crippen LogP contribution in [0.2, 0.25) is 0 Å². The molecule has 6 heteroatoms. The fraction of sp³-hybridized carbons (Fsp3) is 0.778. The summed E-state index contributed by atoms with van der Waals surface area (Å²) < 4.78 is 10.4. The van der Waals surface area contributed by atoms with Crippen LogP contribution in [-0.2, 0) is 11.2 Å². The highest BCUT2D eigenvalue weighted by atomic mass is 35.5. The summed E-state index contributed by atoms with van der Waals surface area (Å²) >= 11 is 5.59. The summed E-state index contributed by atoms with van der Waals surface area (Å²) in [4.78, 5) is 6.37. The van der Waals surface area contributed by atoms with E-state index in [9.17, 15) is 0 Å². The molecule has 1 saturated heterocycles. The molecule has 5 nitrogen and oxygen atoms in total. The van der Waals surface area contributed by atoms with Crippen molar-refractivity contribution in [3.63, 3.8) is 0 Å². The van der Waals surface area contributed by atoms with Gasteiger partial charge in [-0.3, -0.25) is 0 Å². The molecule has 0 aliphatic carbocycles. The topological polar surface area (TPSA) is 51.4 Å². The van der Waals surface area contributed by atoms with Crippen LogP contribution in [0.1, 0.15) is 12.3 Å². The Kier molecular flexibility index (Phi) is 3.80. The Bertz CT molecular complexity index is 299. The minimum atomic E-state index is 0.620. The van der Waals surface area contributed by atoms with E-state index in [4.69, 9.17) is 20.9 Å². The highest BCUT2D eigenvalue weighted by Crippen LogP contribution is 2.12. The molecule has 2 heterocycles. The van der Waals surface area contributed by atoms with E-state index in [0.29, 0.717) is 17.7 Å². The van der Waals surface area contributed by atoms with E-state index < -0.39 is 0 Å². The zero-order chi connectivity index (χ0) is 10.5. The molecule has 0 radical (unpaired) electrons. The molecular weight excluding hydrogens is 218 g/mol. The van der Waals surface area contributed by atoms with Gasteiger partial charge >= 0.3 is 0 Å². The third-order valence-corrected chi connectivity index (χ3v) is 2.54. The van der Waals surface area contributed by atoms with Gasteiger partial charge in [0.1, 0.15) is 0 Å². The Morgan fingerprint density at radius 2 is 2.13 bits per heavy atom. The van der Waals surface area contributed by atoms with Crippen LogP contribution in [0.5, 0.6) is 0 Å². The van der Waals surface area contributed by atoms with E-state index in [-0.39, 0.29) is 0 Å². The Morgan fingerprint density at radius 3 is 2.87 bits per heavy atom. The molecule has 1 aliphatic heterocycles. The summed E-state index contributed by atoms with van der Waals surface area (Å²) in [7, 11) is 0. The number of aromatic nitrogens is 2. The van der Waals surface area contributed by atoms with Crippen molar-refractivity contribution >= 4 is 17.5 Å². The molecule has 2 rings (SSSR count). The van der Waals surface area contributed by atoms with Crippen LogP contribution in [0.4, 0.5) is 5.95 Å². The molecule has 0 amide bonds. The second kappa shape index (κ2) is 5.32. The van der Waals surface area contributed by atoms with Crippen LogP contribution < -0.4 is 4.90 Å². The lowest BCUT2D eigenvalue weighted by molar-refractivity contribution is 0.121. The molecule has 0 saturated carbocycles. The highest BCUT2D eigenvalue weighted by Gasteiger charge is 2.16. The Balaban J connectivity index is 1.93. The SMILES string of the molecule is ClCCCc1nc(N2CCOCC2)no1. The number of morpholine rings is 1. The third kappa shape index (κ3) is 2.82. The van der Waals surface area contributed by atoms with Crippen molar-refractivity contribution in [3.05, 3.63) is 5.89 Å². The lowest BCUT2D eigenvalue weighted by atomic mass is 10.3. The second-order valence-electron chi connectivity index (χ2n) is 3.38. The number of ether oxygens (including phenoxy) is 1. The van der Waals surface area contributed by atoms with E-state index in [1.807, 2.05) is 0 Å². The standard InChI is InChI=1S/C9H14ClN3O2/c10-3-1-2-8-11-9(12-15-8)13-4-6-14-7-5-13/h1-7H2. The Morgan fingerprint density at radius 1 is 1.33 bits per heavy atom. The molecule has 1 aromatic heterocycles. The molecular formula is C9H14ClN3O2. The van der Waals surface area contributed by atoms with Gasteiger partial charge in [-0.15, -0.1) is 11.6 Å². The normalized spacial score (nSPS) is 17.0. The summed E-state index contributed by atoms with van der Waals surface area (Å²) in [5.74, 6) is 1.95. The average molecular weight is 232 g/mol. The van der Waals surface area contributed by atoms with Crippen LogP contribution >= 0.6 is 11.6 Å². The number of halogens is 1. The van der Waals surface area contributed by atoms with E-state index in [1.54, 1.807) is 0 Å². The maximum atomic E-state index is 5.59. The quantitative estimate of drug-likeness (QED) is 0.726. The van der Waals surface area contributed by atoms with Crippen LogP contribution in [0.15, 0.2) is 4.52 Å². The van der Waals surface area contributed by atoms with Gasteiger partial charge in [0, 0.05) is 25.4 Å². The summed E-state index contributed by atoms with van der Waals surface area (Å²) in [6, 6.07) is 0. The number of hydrogen-bond donors (Lipinski definition) is 0. The minimum Gasteiger partial charge on any atom is -0.378 e. The van der Waals surface area contributed by atoms with Crippen LogP contribution in [0.25, 0.3) is 0 Å². The van der Waals surface area contributed by atoms with Crippen molar-refractivity contribution in [3.8, 4) is 0 Å². The minimum absolute atomic E-state index is 0.620. The van der Waals surface area contributed by atoms with Crippen molar-refractivity contribution in [1.29, 1.82) is 0 Å². The van der Waals surface area contributed by atoms with E-state index in [2.05, 4.69) is 15.0 Å². The van der Waals surface area contributed by atoms with Gasteiger partial charge in [-0.25, -0.2) is 0 Å². The van der Waals surface area contributed by atoms with Crippen molar-refractivity contribution < 1.29 is 9.26 Å². The lowest BCUT2D eigenvalue weighted by Crippen LogP contribution is -2.36. The molecule has 0 atom stereocenters. The predicted octanol–water partition coefficient (Wildman–Crippen LogP) is 1.08. The molecule has 1 aliphatic rings. The second-order valence-corrected chi connectivity index (χ2v) is 3.76. The monoisotopic (exact) mass is 231 g/mol. The van der Waals surface area contributed by atoms with Gasteiger partial charge in [0.25, 0.3) is 5.95 Å². The lowest BCUT2D eigenvalue weighted by Gasteiger charge is -2.24. The fourth-order valence-corrected chi connectivity index (χ4v) is 1.59. The zero-order valence-electron chi connectivity index (χ0n) is 8.49. The Hall–Kier alpha value is -0.810. The van der Waals surface area contributed by atoms with E-state index >= 15 is 0 Å². The highest BCUT2D eigenvalue weighted by molar-refractivity contribution is 6.17. The number of rotatable bonds is 4.